The number of hydrogen-bond donors (Lipinski definition) is 1. The Balaban J connectivity index is 1.60. The van der Waals surface area contributed by atoms with Gasteiger partial charge in [0.05, 0.1) is 13.2 Å². The molecule has 4 heteroatoms. The lowest BCUT2D eigenvalue weighted by Crippen LogP contribution is -2.17. The van der Waals surface area contributed by atoms with E-state index in [2.05, 4.69) is 5.32 Å². The van der Waals surface area contributed by atoms with Gasteiger partial charge in [0, 0.05) is 35.7 Å². The summed E-state index contributed by atoms with van der Waals surface area (Å²) in [5, 5.41) is 4.27. The maximum absolute atomic E-state index is 6.07. The third-order valence-corrected chi connectivity index (χ3v) is 3.91. The van der Waals surface area contributed by atoms with Gasteiger partial charge in [-0.3, -0.25) is 0 Å². The van der Waals surface area contributed by atoms with Crippen molar-refractivity contribution in [1.82, 2.24) is 5.32 Å². The van der Waals surface area contributed by atoms with E-state index in [1.807, 2.05) is 18.2 Å². The molecule has 0 bridgehead atoms. The van der Waals surface area contributed by atoms with Crippen LogP contribution in [0.3, 0.4) is 0 Å². The van der Waals surface area contributed by atoms with Crippen LogP contribution in [0.4, 0.5) is 0 Å². The van der Waals surface area contributed by atoms with E-state index in [-0.39, 0.29) is 0 Å². The van der Waals surface area contributed by atoms with Crippen molar-refractivity contribution in [2.45, 2.75) is 31.8 Å². The molecule has 1 N–H and O–H groups in total. The van der Waals surface area contributed by atoms with Crippen LogP contribution in [0, 0.1) is 5.92 Å². The summed E-state index contributed by atoms with van der Waals surface area (Å²) < 4.78 is 11.3. The third-order valence-electron chi connectivity index (χ3n) is 3.68. The monoisotopic (exact) mass is 281 g/mol. The molecular formula is C15H20ClNO2. The fourth-order valence-corrected chi connectivity index (χ4v) is 2.49. The van der Waals surface area contributed by atoms with Gasteiger partial charge in [-0.15, -0.1) is 0 Å². The molecule has 0 amide bonds. The smallest absolute Gasteiger partial charge is 0.123 e. The SMILES string of the molecule is Clc1ccc(OCC2CCOC2)c(CNC2CC2)c1. The molecule has 1 heterocycles. The van der Waals surface area contributed by atoms with E-state index in [1.165, 1.54) is 12.8 Å². The van der Waals surface area contributed by atoms with Crippen LogP contribution in [0.1, 0.15) is 24.8 Å². The van der Waals surface area contributed by atoms with Gasteiger partial charge in [-0.2, -0.15) is 0 Å². The molecule has 1 atom stereocenters. The molecule has 2 aliphatic rings. The number of hydrogen-bond acceptors (Lipinski definition) is 3. The largest absolute Gasteiger partial charge is 0.493 e. The first-order valence-electron chi connectivity index (χ1n) is 7.03. The molecule has 0 spiro atoms. The lowest BCUT2D eigenvalue weighted by atomic mass is 10.1. The first-order valence-corrected chi connectivity index (χ1v) is 7.41. The van der Waals surface area contributed by atoms with Gasteiger partial charge >= 0.3 is 0 Å². The molecule has 3 nitrogen and oxygen atoms in total. The first-order chi connectivity index (χ1) is 9.31. The Labute approximate surface area is 119 Å². The predicted molar refractivity (Wildman–Crippen MR) is 75.7 cm³/mol. The molecule has 104 valence electrons. The Bertz CT molecular complexity index is 428. The van der Waals surface area contributed by atoms with Crippen molar-refractivity contribution in [3.8, 4) is 5.75 Å². The van der Waals surface area contributed by atoms with Crippen molar-refractivity contribution in [3.05, 3.63) is 28.8 Å². The molecule has 0 radical (unpaired) electrons. The lowest BCUT2D eigenvalue weighted by Gasteiger charge is -2.15. The average Bonchev–Trinajstić information content (AvgIpc) is 3.10. The van der Waals surface area contributed by atoms with Crippen LogP contribution >= 0.6 is 11.6 Å². The molecule has 1 aliphatic heterocycles. The second-order valence-corrected chi connectivity index (χ2v) is 5.88. The standard InChI is InChI=1S/C15H20ClNO2/c16-13-1-4-15(19-10-11-5-6-18-9-11)12(7-13)8-17-14-2-3-14/h1,4,7,11,14,17H,2-3,5-6,8-10H2. The van der Waals surface area contributed by atoms with E-state index in [1.54, 1.807) is 0 Å². The highest BCUT2D eigenvalue weighted by Gasteiger charge is 2.21. The van der Waals surface area contributed by atoms with Crippen molar-refractivity contribution >= 4 is 11.6 Å². The van der Waals surface area contributed by atoms with Crippen LogP contribution < -0.4 is 10.1 Å². The molecule has 0 aromatic heterocycles. The number of rotatable bonds is 6. The van der Waals surface area contributed by atoms with E-state index in [4.69, 9.17) is 21.1 Å². The average molecular weight is 282 g/mol. The summed E-state index contributed by atoms with van der Waals surface area (Å²) in [6, 6.07) is 6.55. The predicted octanol–water partition coefficient (Wildman–Crippen LogP) is 3.01. The fraction of sp³-hybridized carbons (Fsp3) is 0.600. The number of ether oxygens (including phenoxy) is 2. The van der Waals surface area contributed by atoms with Crippen molar-refractivity contribution in [2.75, 3.05) is 19.8 Å². The molecule has 2 fully saturated rings. The third kappa shape index (κ3) is 3.85. The van der Waals surface area contributed by atoms with Gasteiger partial charge in [0.15, 0.2) is 0 Å². The fourth-order valence-electron chi connectivity index (χ4n) is 2.29. The number of halogens is 1. The van der Waals surface area contributed by atoms with Gasteiger partial charge in [-0.25, -0.2) is 0 Å². The normalized spacial score (nSPS) is 22.7. The van der Waals surface area contributed by atoms with Gasteiger partial charge in [0.1, 0.15) is 5.75 Å². The van der Waals surface area contributed by atoms with Crippen LogP contribution in [-0.4, -0.2) is 25.9 Å². The summed E-state index contributed by atoms with van der Waals surface area (Å²) in [4.78, 5) is 0. The summed E-state index contributed by atoms with van der Waals surface area (Å²) in [6.07, 6.45) is 3.68. The Hall–Kier alpha value is -0.770. The summed E-state index contributed by atoms with van der Waals surface area (Å²) in [7, 11) is 0. The zero-order chi connectivity index (χ0) is 13.1. The zero-order valence-corrected chi connectivity index (χ0v) is 11.8. The number of nitrogens with one attached hydrogen (secondary N) is 1. The molecule has 1 saturated carbocycles. The number of benzene rings is 1. The minimum absolute atomic E-state index is 0.528. The van der Waals surface area contributed by atoms with Crippen LogP contribution in [0.2, 0.25) is 5.02 Å². The lowest BCUT2D eigenvalue weighted by molar-refractivity contribution is 0.166. The topological polar surface area (TPSA) is 30.5 Å². The Morgan fingerprint density at radius 1 is 1.32 bits per heavy atom. The molecular weight excluding hydrogens is 262 g/mol. The van der Waals surface area contributed by atoms with Gasteiger partial charge in [-0.05, 0) is 37.5 Å². The van der Waals surface area contributed by atoms with Crippen LogP contribution in [-0.2, 0) is 11.3 Å². The minimum Gasteiger partial charge on any atom is -0.493 e. The summed E-state index contributed by atoms with van der Waals surface area (Å²) in [5.74, 6) is 1.48. The van der Waals surface area contributed by atoms with Crippen molar-refractivity contribution in [1.29, 1.82) is 0 Å². The summed E-state index contributed by atoms with van der Waals surface area (Å²) >= 11 is 6.07. The second kappa shape index (κ2) is 6.12. The van der Waals surface area contributed by atoms with E-state index in [9.17, 15) is 0 Å². The Morgan fingerprint density at radius 2 is 2.21 bits per heavy atom. The van der Waals surface area contributed by atoms with Crippen molar-refractivity contribution in [2.24, 2.45) is 5.92 Å². The van der Waals surface area contributed by atoms with E-state index in [0.29, 0.717) is 12.0 Å². The van der Waals surface area contributed by atoms with Crippen molar-refractivity contribution in [3.63, 3.8) is 0 Å². The molecule has 1 aliphatic carbocycles. The van der Waals surface area contributed by atoms with E-state index < -0.39 is 0 Å². The highest BCUT2D eigenvalue weighted by Crippen LogP contribution is 2.26. The molecule has 1 unspecified atom stereocenters. The molecule has 3 rings (SSSR count). The quantitative estimate of drug-likeness (QED) is 0.869. The van der Waals surface area contributed by atoms with Gasteiger partial charge in [-0.1, -0.05) is 11.6 Å². The zero-order valence-electron chi connectivity index (χ0n) is 11.0. The van der Waals surface area contributed by atoms with Crippen LogP contribution in [0.25, 0.3) is 0 Å². The summed E-state index contributed by atoms with van der Waals surface area (Å²) in [5.41, 5.74) is 1.15. The molecule has 1 saturated heterocycles. The highest BCUT2D eigenvalue weighted by atomic mass is 35.5. The van der Waals surface area contributed by atoms with Gasteiger partial charge in [0.2, 0.25) is 0 Å². The molecule has 1 aromatic rings. The molecule has 19 heavy (non-hydrogen) atoms. The minimum atomic E-state index is 0.528. The Kier molecular flexibility index (Phi) is 4.26. The second-order valence-electron chi connectivity index (χ2n) is 5.45. The first kappa shape index (κ1) is 13.2. The summed E-state index contributed by atoms with van der Waals surface area (Å²) in [6.45, 7) is 3.26. The van der Waals surface area contributed by atoms with Crippen LogP contribution in [0.15, 0.2) is 18.2 Å². The maximum atomic E-state index is 6.07. The van der Waals surface area contributed by atoms with E-state index >= 15 is 0 Å². The van der Waals surface area contributed by atoms with Crippen LogP contribution in [0.5, 0.6) is 5.75 Å². The maximum Gasteiger partial charge on any atom is 0.123 e. The highest BCUT2D eigenvalue weighted by molar-refractivity contribution is 6.30. The molecule has 1 aromatic carbocycles. The van der Waals surface area contributed by atoms with Crippen molar-refractivity contribution < 1.29 is 9.47 Å². The van der Waals surface area contributed by atoms with Gasteiger partial charge in [0.25, 0.3) is 0 Å². The van der Waals surface area contributed by atoms with E-state index in [0.717, 1.165) is 49.1 Å². The van der Waals surface area contributed by atoms with Gasteiger partial charge < -0.3 is 14.8 Å². The Morgan fingerprint density at radius 3 is 2.95 bits per heavy atom.